The molecule has 0 aliphatic heterocycles. The molecule has 0 atom stereocenters. The molecule has 118 valence electrons. The van der Waals surface area contributed by atoms with E-state index in [1.807, 2.05) is 12.2 Å². The third-order valence-electron chi connectivity index (χ3n) is 4.67. The fourth-order valence-corrected chi connectivity index (χ4v) is 3.51. The van der Waals surface area contributed by atoms with Gasteiger partial charge in [-0.2, -0.15) is 0 Å². The summed E-state index contributed by atoms with van der Waals surface area (Å²) in [6, 6.07) is 19.9. The quantitative estimate of drug-likeness (QED) is 0.339. The molecule has 0 saturated carbocycles. The van der Waals surface area contributed by atoms with Crippen LogP contribution in [-0.4, -0.2) is 0 Å². The second kappa shape index (κ2) is 5.98. The van der Waals surface area contributed by atoms with E-state index in [1.165, 1.54) is 37.9 Å². The molecule has 0 unspecified atom stereocenters. The van der Waals surface area contributed by atoms with Gasteiger partial charge in [-0.15, -0.1) is 0 Å². The van der Waals surface area contributed by atoms with Crippen LogP contribution in [-0.2, 0) is 0 Å². The van der Waals surface area contributed by atoms with Gasteiger partial charge in [0.25, 0.3) is 0 Å². The van der Waals surface area contributed by atoms with Crippen molar-refractivity contribution in [3.8, 4) is 0 Å². The Kier molecular flexibility index (Phi) is 3.99. The Morgan fingerprint density at radius 2 is 1.25 bits per heavy atom. The van der Waals surface area contributed by atoms with Gasteiger partial charge in [0.05, 0.1) is 0 Å². The molecule has 0 amide bonds. The van der Waals surface area contributed by atoms with Crippen molar-refractivity contribution in [1.82, 2.24) is 0 Å². The van der Waals surface area contributed by atoms with Gasteiger partial charge in [0, 0.05) is 0 Å². The Morgan fingerprint density at radius 1 is 0.667 bits per heavy atom. The van der Waals surface area contributed by atoms with Crippen molar-refractivity contribution >= 4 is 44.5 Å². The number of hydrogen-bond acceptors (Lipinski definition) is 0. The Balaban J connectivity index is 0.00000169. The average molecular weight is 310 g/mol. The van der Waals surface area contributed by atoms with Crippen LogP contribution in [0.15, 0.2) is 67.8 Å². The monoisotopic (exact) mass is 310 g/mol. The smallest absolute Gasteiger partial charge is 0.00987 e. The van der Waals surface area contributed by atoms with Crippen molar-refractivity contribution in [2.45, 2.75) is 14.4 Å². The first-order valence-corrected chi connectivity index (χ1v) is 7.86. The maximum absolute atomic E-state index is 3.98. The van der Waals surface area contributed by atoms with E-state index in [1.54, 1.807) is 0 Å². The van der Waals surface area contributed by atoms with Crippen LogP contribution in [0.3, 0.4) is 0 Å². The van der Waals surface area contributed by atoms with Gasteiger partial charge < -0.3 is 0 Å². The molecule has 0 saturated heterocycles. The van der Waals surface area contributed by atoms with Gasteiger partial charge in [-0.05, 0) is 50.4 Å². The summed E-state index contributed by atoms with van der Waals surface area (Å²) in [4.78, 5) is 0. The number of benzene rings is 4. The maximum Gasteiger partial charge on any atom is -0.00987 e. The van der Waals surface area contributed by atoms with Crippen molar-refractivity contribution in [1.29, 1.82) is 0 Å². The zero-order valence-electron chi connectivity index (χ0n) is 13.3. The van der Waals surface area contributed by atoms with E-state index in [0.717, 1.165) is 11.1 Å². The Morgan fingerprint density at radius 3 is 2.00 bits per heavy atom. The summed E-state index contributed by atoms with van der Waals surface area (Å²) in [5.41, 5.74) is 3.58. The predicted molar refractivity (Wildman–Crippen MR) is 111 cm³/mol. The molecule has 0 radical (unpaired) electrons. The molecule has 0 nitrogen and oxygen atoms in total. The minimum absolute atomic E-state index is 0. The zero-order chi connectivity index (χ0) is 16.0. The van der Waals surface area contributed by atoms with Gasteiger partial charge >= 0.3 is 0 Å². The van der Waals surface area contributed by atoms with Gasteiger partial charge in [-0.25, -0.2) is 0 Å². The fourth-order valence-electron chi connectivity index (χ4n) is 3.51. The number of fused-ring (bicyclic) bond motifs is 5. The predicted octanol–water partition coefficient (Wildman–Crippen LogP) is 7.38. The van der Waals surface area contributed by atoms with E-state index in [2.05, 4.69) is 74.7 Å². The molecule has 0 spiro atoms. The summed E-state index contributed by atoms with van der Waals surface area (Å²) in [7, 11) is 0. The third-order valence-corrected chi connectivity index (χ3v) is 4.67. The zero-order valence-corrected chi connectivity index (χ0v) is 13.3. The molecule has 0 heterocycles. The number of hydrogen-bond donors (Lipinski definition) is 0. The van der Waals surface area contributed by atoms with E-state index in [-0.39, 0.29) is 7.43 Å². The average Bonchev–Trinajstić information content (AvgIpc) is 2.59. The molecule has 4 rings (SSSR count). The third kappa shape index (κ3) is 2.23. The van der Waals surface area contributed by atoms with Crippen molar-refractivity contribution in [2.75, 3.05) is 0 Å². The minimum atomic E-state index is 0. The highest BCUT2D eigenvalue weighted by atomic mass is 14.1. The Labute approximate surface area is 143 Å². The SMILES string of the molecule is C.C=Cc1ccc2c(ccc3c4cc(C)ccc4ccc23)c1C=C. The van der Waals surface area contributed by atoms with E-state index in [0.29, 0.717) is 0 Å². The maximum atomic E-state index is 3.98. The summed E-state index contributed by atoms with van der Waals surface area (Å²) in [5, 5.41) is 7.70. The summed E-state index contributed by atoms with van der Waals surface area (Å²) in [6.07, 6.45) is 3.82. The molecule has 4 aromatic rings. The lowest BCUT2D eigenvalue weighted by molar-refractivity contribution is 1.51. The molecule has 0 aliphatic rings. The molecule has 0 aliphatic carbocycles. The summed E-state index contributed by atoms with van der Waals surface area (Å²) in [5.74, 6) is 0. The van der Waals surface area contributed by atoms with Crippen molar-refractivity contribution in [3.05, 3.63) is 84.4 Å². The van der Waals surface area contributed by atoms with E-state index in [9.17, 15) is 0 Å². The molecule has 0 aromatic heterocycles. The summed E-state index contributed by atoms with van der Waals surface area (Å²) in [6.45, 7) is 10.0. The van der Waals surface area contributed by atoms with E-state index < -0.39 is 0 Å². The number of rotatable bonds is 2. The Bertz CT molecular complexity index is 1100. The molecule has 24 heavy (non-hydrogen) atoms. The standard InChI is InChI=1S/C23H18.CH4/c1-4-16-8-10-20-19(18(16)5-2)12-13-22-21(20)11-9-17-7-6-15(3)14-23(17)22;/h4-14H,1-2H2,3H3;1H4. The van der Waals surface area contributed by atoms with Crippen LogP contribution in [0.25, 0.3) is 44.5 Å². The van der Waals surface area contributed by atoms with E-state index >= 15 is 0 Å². The largest absolute Gasteiger partial charge is 0.0984 e. The lowest BCUT2D eigenvalue weighted by Crippen LogP contribution is -1.87. The second-order valence-corrected chi connectivity index (χ2v) is 6.02. The molecular weight excluding hydrogens is 288 g/mol. The highest BCUT2D eigenvalue weighted by molar-refractivity contribution is 6.18. The molecule has 0 heteroatoms. The van der Waals surface area contributed by atoms with Gasteiger partial charge in [-0.3, -0.25) is 0 Å². The second-order valence-electron chi connectivity index (χ2n) is 6.02. The van der Waals surface area contributed by atoms with Gasteiger partial charge in [-0.1, -0.05) is 92.9 Å². The van der Waals surface area contributed by atoms with Crippen molar-refractivity contribution < 1.29 is 0 Å². The van der Waals surface area contributed by atoms with E-state index in [4.69, 9.17) is 0 Å². The van der Waals surface area contributed by atoms with Crippen LogP contribution in [0, 0.1) is 6.92 Å². The number of aryl methyl sites for hydroxylation is 1. The highest BCUT2D eigenvalue weighted by Gasteiger charge is 2.08. The molecule has 0 fully saturated rings. The van der Waals surface area contributed by atoms with Crippen LogP contribution < -0.4 is 0 Å². The van der Waals surface area contributed by atoms with Crippen LogP contribution in [0.4, 0.5) is 0 Å². The topological polar surface area (TPSA) is 0 Å². The van der Waals surface area contributed by atoms with Crippen molar-refractivity contribution in [2.24, 2.45) is 0 Å². The lowest BCUT2D eigenvalue weighted by Gasteiger charge is -2.11. The van der Waals surface area contributed by atoms with Crippen LogP contribution in [0.1, 0.15) is 24.1 Å². The van der Waals surface area contributed by atoms with Crippen LogP contribution in [0.5, 0.6) is 0 Å². The molecule has 0 N–H and O–H groups in total. The summed E-state index contributed by atoms with van der Waals surface area (Å²) < 4.78 is 0. The van der Waals surface area contributed by atoms with Crippen LogP contribution in [0.2, 0.25) is 0 Å². The fraction of sp³-hybridized carbons (Fsp3) is 0.0833. The molecule has 4 aromatic carbocycles. The first-order chi connectivity index (χ1) is 11.2. The van der Waals surface area contributed by atoms with Gasteiger partial charge in [0.15, 0.2) is 0 Å². The molecular formula is C24H22. The van der Waals surface area contributed by atoms with Gasteiger partial charge in [0.1, 0.15) is 0 Å². The minimum Gasteiger partial charge on any atom is -0.0984 e. The molecule has 0 bridgehead atoms. The van der Waals surface area contributed by atoms with Gasteiger partial charge in [0.2, 0.25) is 0 Å². The van der Waals surface area contributed by atoms with Crippen LogP contribution >= 0.6 is 0 Å². The Hall–Kier alpha value is -2.86. The highest BCUT2D eigenvalue weighted by Crippen LogP contribution is 2.34. The first kappa shape index (κ1) is 16.0. The summed E-state index contributed by atoms with van der Waals surface area (Å²) >= 11 is 0. The normalized spacial score (nSPS) is 10.7. The lowest BCUT2D eigenvalue weighted by atomic mass is 9.92. The van der Waals surface area contributed by atoms with Crippen molar-refractivity contribution in [3.63, 3.8) is 0 Å². The first-order valence-electron chi connectivity index (χ1n) is 7.86.